The molecule has 25 heavy (non-hydrogen) atoms. The van der Waals surface area contributed by atoms with Crippen molar-refractivity contribution >= 4 is 57.9 Å². The smallest absolute Gasteiger partial charge is 0.229 e. The lowest BCUT2D eigenvalue weighted by Gasteiger charge is -2.10. The first kappa shape index (κ1) is 17.6. The molecule has 0 atom stereocenters. The van der Waals surface area contributed by atoms with E-state index in [9.17, 15) is 0 Å². The summed E-state index contributed by atoms with van der Waals surface area (Å²) >= 11 is 18.1. The van der Waals surface area contributed by atoms with Crippen LogP contribution in [-0.4, -0.2) is 17.1 Å². The Morgan fingerprint density at radius 3 is 2.32 bits per heavy atom. The summed E-state index contributed by atoms with van der Waals surface area (Å²) in [6.45, 7) is 0. The molecule has 0 aliphatic carbocycles. The maximum Gasteiger partial charge on any atom is 0.229 e. The van der Waals surface area contributed by atoms with Gasteiger partial charge in [-0.2, -0.15) is 4.98 Å². The molecule has 128 valence electrons. The number of anilines is 4. The predicted molar refractivity (Wildman–Crippen MR) is 103 cm³/mol. The van der Waals surface area contributed by atoms with Crippen molar-refractivity contribution in [1.82, 2.24) is 9.97 Å². The number of halogens is 3. The molecule has 2 N–H and O–H groups in total. The molecule has 8 heteroatoms. The van der Waals surface area contributed by atoms with Gasteiger partial charge in [0.05, 0.1) is 12.1 Å². The van der Waals surface area contributed by atoms with Gasteiger partial charge in [-0.05, 0) is 42.5 Å². The summed E-state index contributed by atoms with van der Waals surface area (Å²) in [5.74, 6) is 1.62. The normalized spacial score (nSPS) is 10.4. The Bertz CT molecular complexity index is 885. The Hall–Kier alpha value is -2.21. The molecule has 0 amide bonds. The third kappa shape index (κ3) is 4.66. The second-order valence-corrected chi connectivity index (χ2v) is 6.30. The van der Waals surface area contributed by atoms with Crippen LogP contribution >= 0.6 is 34.8 Å². The Labute approximate surface area is 159 Å². The van der Waals surface area contributed by atoms with E-state index in [1.165, 1.54) is 0 Å². The van der Waals surface area contributed by atoms with Gasteiger partial charge in [0.15, 0.2) is 0 Å². The molecule has 0 bridgehead atoms. The van der Waals surface area contributed by atoms with Crippen LogP contribution in [0.5, 0.6) is 5.75 Å². The van der Waals surface area contributed by atoms with E-state index >= 15 is 0 Å². The Balaban J connectivity index is 1.78. The standard InChI is InChI=1S/C17H13Cl3N4O/c1-25-15-3-2-12(9-14(15)20)22-16-4-5-21-17(24-16)23-13-7-10(18)6-11(19)8-13/h2-9H,1H3,(H2,21,22,23,24). The largest absolute Gasteiger partial charge is 0.495 e. The molecule has 0 spiro atoms. The van der Waals surface area contributed by atoms with Crippen molar-refractivity contribution in [3.63, 3.8) is 0 Å². The highest BCUT2D eigenvalue weighted by Crippen LogP contribution is 2.29. The molecule has 0 aliphatic heterocycles. The number of aromatic nitrogens is 2. The van der Waals surface area contributed by atoms with E-state index in [2.05, 4.69) is 20.6 Å². The van der Waals surface area contributed by atoms with Gasteiger partial charge >= 0.3 is 0 Å². The quantitative estimate of drug-likeness (QED) is 0.560. The van der Waals surface area contributed by atoms with Crippen LogP contribution < -0.4 is 15.4 Å². The lowest BCUT2D eigenvalue weighted by atomic mass is 10.3. The van der Waals surface area contributed by atoms with Crippen LogP contribution in [0.15, 0.2) is 48.7 Å². The Morgan fingerprint density at radius 2 is 1.64 bits per heavy atom. The maximum absolute atomic E-state index is 6.13. The maximum atomic E-state index is 6.13. The average Bonchev–Trinajstić information content (AvgIpc) is 2.54. The van der Waals surface area contributed by atoms with Gasteiger partial charge in [-0.3, -0.25) is 0 Å². The molecule has 0 saturated heterocycles. The molecule has 0 saturated carbocycles. The lowest BCUT2D eigenvalue weighted by molar-refractivity contribution is 0.415. The average molecular weight is 396 g/mol. The summed E-state index contributed by atoms with van der Waals surface area (Å²) in [6.07, 6.45) is 1.63. The van der Waals surface area contributed by atoms with Crippen LogP contribution in [0.2, 0.25) is 15.1 Å². The molecule has 1 aromatic heterocycles. The number of benzene rings is 2. The SMILES string of the molecule is COc1ccc(Nc2ccnc(Nc3cc(Cl)cc(Cl)c3)n2)cc1Cl. The fraction of sp³-hybridized carbons (Fsp3) is 0.0588. The molecule has 2 aromatic carbocycles. The number of ether oxygens (including phenoxy) is 1. The Morgan fingerprint density at radius 1 is 0.880 bits per heavy atom. The summed E-state index contributed by atoms with van der Waals surface area (Å²) in [6, 6.07) is 12.2. The van der Waals surface area contributed by atoms with Crippen LogP contribution in [0.25, 0.3) is 0 Å². The van der Waals surface area contributed by atoms with Gasteiger partial charge in [-0.15, -0.1) is 0 Å². The summed E-state index contributed by atoms with van der Waals surface area (Å²) in [5, 5.41) is 7.78. The molecule has 3 aromatic rings. The van der Waals surface area contributed by atoms with Gasteiger partial charge in [-0.1, -0.05) is 34.8 Å². The van der Waals surface area contributed by atoms with Gasteiger partial charge < -0.3 is 15.4 Å². The van der Waals surface area contributed by atoms with Crippen LogP contribution in [0.4, 0.5) is 23.1 Å². The first-order valence-corrected chi connectivity index (χ1v) is 8.33. The molecular weight excluding hydrogens is 383 g/mol. The first-order chi connectivity index (χ1) is 12.0. The number of nitrogens with zero attached hydrogens (tertiary/aromatic N) is 2. The van der Waals surface area contributed by atoms with Crippen LogP contribution in [0.1, 0.15) is 0 Å². The zero-order valence-corrected chi connectivity index (χ0v) is 15.3. The molecule has 0 aliphatic rings. The second-order valence-electron chi connectivity index (χ2n) is 5.02. The van der Waals surface area contributed by atoms with Gasteiger partial charge in [0.2, 0.25) is 5.95 Å². The van der Waals surface area contributed by atoms with Crippen molar-refractivity contribution in [1.29, 1.82) is 0 Å². The number of nitrogens with one attached hydrogen (secondary N) is 2. The lowest BCUT2D eigenvalue weighted by Crippen LogP contribution is -2.00. The number of rotatable bonds is 5. The molecule has 1 heterocycles. The topological polar surface area (TPSA) is 59.1 Å². The van der Waals surface area contributed by atoms with Crippen molar-refractivity contribution in [3.05, 3.63) is 63.7 Å². The highest BCUT2D eigenvalue weighted by Gasteiger charge is 2.05. The monoisotopic (exact) mass is 394 g/mol. The first-order valence-electron chi connectivity index (χ1n) is 7.20. The predicted octanol–water partition coefficient (Wildman–Crippen LogP) is 5.93. The van der Waals surface area contributed by atoms with Crippen LogP contribution in [-0.2, 0) is 0 Å². The van der Waals surface area contributed by atoms with E-state index in [1.54, 1.807) is 49.7 Å². The molecule has 3 rings (SSSR count). The minimum absolute atomic E-state index is 0.406. The zero-order chi connectivity index (χ0) is 17.8. The fourth-order valence-electron chi connectivity index (χ4n) is 2.14. The fourth-order valence-corrected chi connectivity index (χ4v) is 2.92. The molecule has 0 unspecified atom stereocenters. The van der Waals surface area contributed by atoms with E-state index in [-0.39, 0.29) is 0 Å². The van der Waals surface area contributed by atoms with Crippen molar-refractivity contribution in [2.75, 3.05) is 17.7 Å². The summed E-state index contributed by atoms with van der Waals surface area (Å²) < 4.78 is 5.14. The van der Waals surface area contributed by atoms with Crippen LogP contribution in [0, 0.1) is 0 Å². The second kappa shape index (κ2) is 7.78. The number of hydrogen-bond donors (Lipinski definition) is 2. The summed E-state index contributed by atoms with van der Waals surface area (Å²) in [5.41, 5.74) is 1.48. The van der Waals surface area contributed by atoms with Crippen molar-refractivity contribution in [2.24, 2.45) is 0 Å². The molecule has 5 nitrogen and oxygen atoms in total. The molecule has 0 radical (unpaired) electrons. The van der Waals surface area contributed by atoms with Gasteiger partial charge in [0.25, 0.3) is 0 Å². The molecular formula is C17H13Cl3N4O. The van der Waals surface area contributed by atoms with Crippen molar-refractivity contribution in [2.45, 2.75) is 0 Å². The minimum atomic E-state index is 0.406. The number of methoxy groups -OCH3 is 1. The zero-order valence-electron chi connectivity index (χ0n) is 13.1. The third-order valence-electron chi connectivity index (χ3n) is 3.20. The van der Waals surface area contributed by atoms with Gasteiger partial charge in [0, 0.05) is 27.6 Å². The van der Waals surface area contributed by atoms with E-state index < -0.39 is 0 Å². The van der Waals surface area contributed by atoms with Crippen molar-refractivity contribution in [3.8, 4) is 5.75 Å². The van der Waals surface area contributed by atoms with Gasteiger partial charge in [0.1, 0.15) is 11.6 Å². The number of hydrogen-bond acceptors (Lipinski definition) is 5. The highest BCUT2D eigenvalue weighted by molar-refractivity contribution is 6.35. The minimum Gasteiger partial charge on any atom is -0.495 e. The van der Waals surface area contributed by atoms with Crippen LogP contribution in [0.3, 0.4) is 0 Å². The van der Waals surface area contributed by atoms with Crippen molar-refractivity contribution < 1.29 is 4.74 Å². The summed E-state index contributed by atoms with van der Waals surface area (Å²) in [4.78, 5) is 8.59. The molecule has 0 fully saturated rings. The third-order valence-corrected chi connectivity index (χ3v) is 3.93. The van der Waals surface area contributed by atoms with E-state index in [0.717, 1.165) is 5.69 Å². The highest BCUT2D eigenvalue weighted by atomic mass is 35.5. The van der Waals surface area contributed by atoms with E-state index in [1.807, 2.05) is 6.07 Å². The van der Waals surface area contributed by atoms with E-state index in [4.69, 9.17) is 39.5 Å². The Kier molecular flexibility index (Phi) is 5.48. The van der Waals surface area contributed by atoms with Gasteiger partial charge in [-0.25, -0.2) is 4.98 Å². The van der Waals surface area contributed by atoms with E-state index in [0.29, 0.717) is 38.3 Å². The summed E-state index contributed by atoms with van der Waals surface area (Å²) in [7, 11) is 1.57.